The van der Waals surface area contributed by atoms with E-state index in [2.05, 4.69) is 15.0 Å². The van der Waals surface area contributed by atoms with Crippen LogP contribution in [0.1, 0.15) is 11.4 Å². The largest absolute Gasteiger partial charge is 0.364 e. The Bertz CT molecular complexity index is 554. The van der Waals surface area contributed by atoms with Crippen LogP contribution < -0.4 is 0 Å². The molecule has 6 heteroatoms. The molecular weight excluding hydrogens is 220 g/mol. The molecule has 0 radical (unpaired) electrons. The lowest BCUT2D eigenvalue weighted by molar-refractivity contribution is -0.389. The molecule has 0 aliphatic heterocycles. The van der Waals surface area contributed by atoms with E-state index in [1.807, 2.05) is 0 Å². The van der Waals surface area contributed by atoms with Crippen molar-refractivity contribution in [1.82, 2.24) is 15.0 Å². The normalized spacial score (nSPS) is 10.6. The van der Waals surface area contributed by atoms with Gasteiger partial charge in [-0.05, 0) is 34.2 Å². The van der Waals surface area contributed by atoms with Crippen molar-refractivity contribution >= 4 is 18.0 Å². The molecule has 6 nitrogen and oxygen atoms in total. The molecule has 0 unspecified atom stereocenters. The summed E-state index contributed by atoms with van der Waals surface area (Å²) in [5.74, 6) is -0.175. The summed E-state index contributed by atoms with van der Waals surface area (Å²) in [4.78, 5) is 21.8. The Labute approximate surface area is 96.8 Å². The number of hydrogen-bond donors (Lipinski definition) is 0. The minimum absolute atomic E-state index is 0.175. The van der Waals surface area contributed by atoms with E-state index in [-0.39, 0.29) is 5.82 Å². The van der Waals surface area contributed by atoms with Gasteiger partial charge in [-0.25, -0.2) is 0 Å². The summed E-state index contributed by atoms with van der Waals surface area (Å²) >= 11 is 0. The summed E-state index contributed by atoms with van der Waals surface area (Å²) in [6.45, 7) is 0. The van der Waals surface area contributed by atoms with E-state index < -0.39 is 4.92 Å². The second-order valence-corrected chi connectivity index (χ2v) is 3.14. The number of pyridine rings is 1. The fourth-order valence-electron chi connectivity index (χ4n) is 1.20. The molecule has 0 aliphatic rings. The van der Waals surface area contributed by atoms with Crippen LogP contribution in [0.3, 0.4) is 0 Å². The third kappa shape index (κ3) is 2.91. The van der Waals surface area contributed by atoms with Crippen LogP contribution in [0, 0.1) is 10.1 Å². The number of rotatable bonds is 3. The van der Waals surface area contributed by atoms with Gasteiger partial charge < -0.3 is 10.1 Å². The maximum atomic E-state index is 10.5. The molecular formula is C11H8N4O2. The van der Waals surface area contributed by atoms with Gasteiger partial charge in [-0.15, -0.1) is 0 Å². The fourth-order valence-corrected chi connectivity index (χ4v) is 1.20. The van der Waals surface area contributed by atoms with Crippen molar-refractivity contribution in [3.05, 3.63) is 58.3 Å². The minimum atomic E-state index is -0.528. The van der Waals surface area contributed by atoms with Crippen LogP contribution in [-0.2, 0) is 0 Å². The van der Waals surface area contributed by atoms with Crippen molar-refractivity contribution in [2.45, 2.75) is 0 Å². The van der Waals surface area contributed by atoms with Gasteiger partial charge in [-0.2, -0.15) is 0 Å². The zero-order valence-electron chi connectivity index (χ0n) is 8.72. The predicted molar refractivity (Wildman–Crippen MR) is 61.9 cm³/mol. The lowest BCUT2D eigenvalue weighted by Gasteiger charge is -1.92. The Balaban J connectivity index is 2.22. The third-order valence-corrected chi connectivity index (χ3v) is 1.95. The Morgan fingerprint density at radius 1 is 1.18 bits per heavy atom. The number of nitrogens with zero attached hydrogens (tertiary/aromatic N) is 4. The summed E-state index contributed by atoms with van der Waals surface area (Å²) in [6.07, 6.45) is 8.08. The van der Waals surface area contributed by atoms with E-state index in [1.165, 1.54) is 6.07 Å². The van der Waals surface area contributed by atoms with E-state index >= 15 is 0 Å². The van der Waals surface area contributed by atoms with Crippen molar-refractivity contribution in [3.8, 4) is 0 Å². The van der Waals surface area contributed by atoms with Gasteiger partial charge in [0, 0.05) is 18.5 Å². The van der Waals surface area contributed by atoms with Gasteiger partial charge in [0.1, 0.15) is 0 Å². The molecule has 0 spiro atoms. The Morgan fingerprint density at radius 2 is 2.00 bits per heavy atom. The molecule has 0 saturated carbocycles. The highest BCUT2D eigenvalue weighted by Crippen LogP contribution is 2.09. The van der Waals surface area contributed by atoms with Gasteiger partial charge in [0.2, 0.25) is 0 Å². The van der Waals surface area contributed by atoms with Crippen LogP contribution in [0.25, 0.3) is 12.2 Å². The van der Waals surface area contributed by atoms with Crippen molar-refractivity contribution in [2.75, 3.05) is 0 Å². The quantitative estimate of drug-likeness (QED) is 0.592. The van der Waals surface area contributed by atoms with Gasteiger partial charge >= 0.3 is 5.82 Å². The average molecular weight is 228 g/mol. The second-order valence-electron chi connectivity index (χ2n) is 3.14. The monoisotopic (exact) mass is 228 g/mol. The third-order valence-electron chi connectivity index (χ3n) is 1.95. The van der Waals surface area contributed by atoms with Gasteiger partial charge in [-0.1, -0.05) is 0 Å². The van der Waals surface area contributed by atoms with Crippen molar-refractivity contribution in [2.24, 2.45) is 0 Å². The zero-order chi connectivity index (χ0) is 12.1. The molecule has 2 aromatic heterocycles. The van der Waals surface area contributed by atoms with Crippen LogP contribution in [-0.4, -0.2) is 19.9 Å². The molecule has 84 valence electrons. The molecule has 0 aromatic carbocycles. The van der Waals surface area contributed by atoms with Gasteiger partial charge in [-0.3, -0.25) is 9.97 Å². The number of hydrogen-bond acceptors (Lipinski definition) is 5. The lowest BCUT2D eigenvalue weighted by atomic mass is 10.3. The lowest BCUT2D eigenvalue weighted by Crippen LogP contribution is -1.92. The standard InChI is InChI=1S/C11H8N4O2/c16-15(17)11-3-1-2-9(14-11)4-5-10-8-12-6-7-13-10/h1-8H. The average Bonchev–Trinajstić information content (AvgIpc) is 2.38. The molecule has 2 heterocycles. The zero-order valence-corrected chi connectivity index (χ0v) is 8.72. The molecule has 0 bridgehead atoms. The van der Waals surface area contributed by atoms with E-state index in [0.717, 1.165) is 0 Å². The van der Waals surface area contributed by atoms with Crippen LogP contribution in [0.4, 0.5) is 5.82 Å². The summed E-state index contributed by atoms with van der Waals surface area (Å²) < 4.78 is 0. The minimum Gasteiger partial charge on any atom is -0.358 e. The summed E-state index contributed by atoms with van der Waals surface area (Å²) in [5, 5.41) is 10.5. The first-order valence-electron chi connectivity index (χ1n) is 4.81. The van der Waals surface area contributed by atoms with E-state index in [4.69, 9.17) is 0 Å². The number of aromatic nitrogens is 3. The molecule has 17 heavy (non-hydrogen) atoms. The molecule has 0 atom stereocenters. The highest BCUT2D eigenvalue weighted by molar-refractivity contribution is 5.65. The molecule has 2 aromatic rings. The first kappa shape index (κ1) is 10.9. The summed E-state index contributed by atoms with van der Waals surface area (Å²) in [6, 6.07) is 4.61. The van der Waals surface area contributed by atoms with Gasteiger partial charge in [0.05, 0.1) is 11.9 Å². The summed E-state index contributed by atoms with van der Waals surface area (Å²) in [5.41, 5.74) is 1.17. The first-order valence-corrected chi connectivity index (χ1v) is 4.81. The highest BCUT2D eigenvalue weighted by atomic mass is 16.6. The fraction of sp³-hybridized carbons (Fsp3) is 0. The molecule has 0 saturated heterocycles. The summed E-state index contributed by atoms with van der Waals surface area (Å²) in [7, 11) is 0. The molecule has 0 amide bonds. The van der Waals surface area contributed by atoms with Gasteiger partial charge in [0.15, 0.2) is 5.69 Å². The van der Waals surface area contributed by atoms with Crippen LogP contribution >= 0.6 is 0 Å². The van der Waals surface area contributed by atoms with Crippen molar-refractivity contribution in [1.29, 1.82) is 0 Å². The first-order chi connectivity index (χ1) is 8.25. The van der Waals surface area contributed by atoms with Crippen LogP contribution in [0.2, 0.25) is 0 Å². The number of nitro groups is 1. The Morgan fingerprint density at radius 3 is 2.71 bits per heavy atom. The highest BCUT2D eigenvalue weighted by Gasteiger charge is 2.06. The maximum absolute atomic E-state index is 10.5. The molecule has 0 aliphatic carbocycles. The maximum Gasteiger partial charge on any atom is 0.364 e. The smallest absolute Gasteiger partial charge is 0.358 e. The predicted octanol–water partition coefficient (Wildman–Crippen LogP) is 1.95. The van der Waals surface area contributed by atoms with Crippen molar-refractivity contribution < 1.29 is 4.92 Å². The van der Waals surface area contributed by atoms with E-state index in [9.17, 15) is 10.1 Å². The van der Waals surface area contributed by atoms with Crippen LogP contribution in [0.15, 0.2) is 36.8 Å². The SMILES string of the molecule is O=[N+]([O-])c1cccc(C=Cc2cnccn2)n1. The molecule has 0 N–H and O–H groups in total. The van der Waals surface area contributed by atoms with E-state index in [0.29, 0.717) is 11.4 Å². The topological polar surface area (TPSA) is 81.8 Å². The Hall–Kier alpha value is -2.63. The molecule has 0 fully saturated rings. The van der Waals surface area contributed by atoms with Gasteiger partial charge in [0.25, 0.3) is 0 Å². The van der Waals surface area contributed by atoms with E-state index in [1.54, 1.807) is 42.9 Å². The Kier molecular flexibility index (Phi) is 3.15. The van der Waals surface area contributed by atoms with Crippen molar-refractivity contribution in [3.63, 3.8) is 0 Å². The molecule has 2 rings (SSSR count). The van der Waals surface area contributed by atoms with Crippen LogP contribution in [0.5, 0.6) is 0 Å². The second kappa shape index (κ2) is 4.93.